The van der Waals surface area contributed by atoms with Crippen LogP contribution in [0.1, 0.15) is 68.6 Å². The molecule has 8 heteroatoms. The predicted octanol–water partition coefficient (Wildman–Crippen LogP) is 2.82. The molecule has 1 aromatic carbocycles. The number of tetrazole rings is 1. The Morgan fingerprint density at radius 1 is 1.26 bits per heavy atom. The highest BCUT2D eigenvalue weighted by Gasteiger charge is 2.35. The molecular formula is C23H32N6O2. The molecule has 1 aliphatic heterocycles. The molecule has 2 aromatic heterocycles. The largest absolute Gasteiger partial charge is 0.393 e. The van der Waals surface area contributed by atoms with Gasteiger partial charge in [0, 0.05) is 18.7 Å². The third-order valence-corrected chi connectivity index (χ3v) is 6.92. The van der Waals surface area contributed by atoms with Crippen LogP contribution in [0.15, 0.2) is 23.0 Å². The maximum absolute atomic E-state index is 13.4. The SMILES string of the molecule is CCC(C)(C)n1nnnc1C(c1cc2ccc(C)c(C)c2[nH]c1=O)N1CCC(O)CC1. The molecule has 0 bridgehead atoms. The molecule has 31 heavy (non-hydrogen) atoms. The van der Waals surface area contributed by atoms with Crippen LogP contribution in [0.4, 0.5) is 0 Å². The van der Waals surface area contributed by atoms with Crippen molar-refractivity contribution in [3.05, 3.63) is 51.1 Å². The quantitative estimate of drug-likeness (QED) is 0.653. The number of aliphatic hydroxyl groups excluding tert-OH is 1. The second kappa shape index (κ2) is 8.16. The number of hydrogen-bond acceptors (Lipinski definition) is 6. The van der Waals surface area contributed by atoms with E-state index in [1.165, 1.54) is 0 Å². The molecule has 0 amide bonds. The van der Waals surface area contributed by atoms with Crippen LogP contribution < -0.4 is 5.56 Å². The number of fused-ring (bicyclic) bond motifs is 1. The third kappa shape index (κ3) is 3.90. The van der Waals surface area contributed by atoms with E-state index in [9.17, 15) is 9.90 Å². The lowest BCUT2D eigenvalue weighted by molar-refractivity contribution is 0.0644. The maximum atomic E-state index is 13.4. The Kier molecular flexibility index (Phi) is 5.70. The van der Waals surface area contributed by atoms with E-state index in [-0.39, 0.29) is 23.2 Å². The number of likely N-dealkylation sites (tertiary alicyclic amines) is 1. The first-order valence-corrected chi connectivity index (χ1v) is 11.1. The minimum Gasteiger partial charge on any atom is -0.393 e. The average molecular weight is 425 g/mol. The maximum Gasteiger partial charge on any atom is 0.253 e. The number of nitrogens with one attached hydrogen (secondary N) is 1. The molecule has 1 atom stereocenters. The molecule has 2 N–H and O–H groups in total. The fourth-order valence-electron chi connectivity index (χ4n) is 4.33. The Morgan fingerprint density at radius 3 is 2.65 bits per heavy atom. The van der Waals surface area contributed by atoms with Crippen molar-refractivity contribution in [1.29, 1.82) is 0 Å². The second-order valence-electron chi connectivity index (χ2n) is 9.31. The van der Waals surface area contributed by atoms with Crippen LogP contribution in [-0.4, -0.2) is 54.4 Å². The van der Waals surface area contributed by atoms with Crippen molar-refractivity contribution in [3.63, 3.8) is 0 Å². The zero-order chi connectivity index (χ0) is 22.3. The standard InChI is InChI=1S/C23H32N6O2/c1-6-23(4,5)29-21(25-26-27-29)20(28-11-9-17(30)10-12-28)18-13-16-8-7-14(2)15(3)19(16)24-22(18)31/h7-8,13,17,20,30H,6,9-12H2,1-5H3,(H,24,31). The number of rotatable bonds is 5. The molecule has 1 unspecified atom stereocenters. The highest BCUT2D eigenvalue weighted by Crippen LogP contribution is 2.32. The zero-order valence-electron chi connectivity index (χ0n) is 19.0. The minimum atomic E-state index is -0.386. The van der Waals surface area contributed by atoms with Crippen molar-refractivity contribution >= 4 is 10.9 Å². The summed E-state index contributed by atoms with van der Waals surface area (Å²) in [7, 11) is 0. The van der Waals surface area contributed by atoms with Gasteiger partial charge >= 0.3 is 0 Å². The van der Waals surface area contributed by atoms with E-state index in [4.69, 9.17) is 0 Å². The number of piperidine rings is 1. The van der Waals surface area contributed by atoms with Crippen LogP contribution in [0, 0.1) is 13.8 Å². The zero-order valence-corrected chi connectivity index (χ0v) is 19.0. The smallest absolute Gasteiger partial charge is 0.253 e. The molecule has 1 fully saturated rings. The van der Waals surface area contributed by atoms with Gasteiger partial charge in [0.2, 0.25) is 0 Å². The van der Waals surface area contributed by atoms with Gasteiger partial charge in [0.25, 0.3) is 5.56 Å². The van der Waals surface area contributed by atoms with Crippen LogP contribution in [0.3, 0.4) is 0 Å². The molecular weight excluding hydrogens is 392 g/mol. The summed E-state index contributed by atoms with van der Waals surface area (Å²) in [6.07, 6.45) is 1.88. The average Bonchev–Trinajstić information content (AvgIpc) is 3.24. The Hall–Kier alpha value is -2.58. The van der Waals surface area contributed by atoms with Crippen molar-refractivity contribution in [1.82, 2.24) is 30.1 Å². The van der Waals surface area contributed by atoms with Crippen LogP contribution in [0.5, 0.6) is 0 Å². The van der Waals surface area contributed by atoms with Crippen molar-refractivity contribution in [2.45, 2.75) is 71.6 Å². The van der Waals surface area contributed by atoms with Gasteiger partial charge < -0.3 is 10.1 Å². The van der Waals surface area contributed by atoms with Gasteiger partial charge in [-0.3, -0.25) is 9.69 Å². The summed E-state index contributed by atoms with van der Waals surface area (Å²) in [4.78, 5) is 18.7. The molecule has 1 saturated heterocycles. The summed E-state index contributed by atoms with van der Waals surface area (Å²) in [6.45, 7) is 11.7. The van der Waals surface area contributed by atoms with Crippen molar-refractivity contribution in [3.8, 4) is 0 Å². The van der Waals surface area contributed by atoms with Gasteiger partial charge in [0.1, 0.15) is 6.04 Å². The fraction of sp³-hybridized carbons (Fsp3) is 0.565. The van der Waals surface area contributed by atoms with Gasteiger partial charge in [-0.05, 0) is 80.0 Å². The van der Waals surface area contributed by atoms with Gasteiger partial charge in [0.15, 0.2) is 5.82 Å². The van der Waals surface area contributed by atoms with Crippen molar-refractivity contribution < 1.29 is 5.11 Å². The van der Waals surface area contributed by atoms with Crippen LogP contribution in [-0.2, 0) is 5.54 Å². The number of H-pyrrole nitrogens is 1. The number of hydrogen-bond donors (Lipinski definition) is 2. The first-order chi connectivity index (χ1) is 14.7. The van der Waals surface area contributed by atoms with Crippen molar-refractivity contribution in [2.75, 3.05) is 13.1 Å². The van der Waals surface area contributed by atoms with Gasteiger partial charge in [-0.15, -0.1) is 5.10 Å². The van der Waals surface area contributed by atoms with E-state index in [1.54, 1.807) is 0 Å². The van der Waals surface area contributed by atoms with E-state index in [0.717, 1.165) is 28.5 Å². The molecule has 0 aliphatic carbocycles. The fourth-order valence-corrected chi connectivity index (χ4v) is 4.33. The molecule has 3 aromatic rings. The van der Waals surface area contributed by atoms with E-state index in [0.29, 0.717) is 37.3 Å². The molecule has 166 valence electrons. The Bertz CT molecular complexity index is 1140. The minimum absolute atomic E-state index is 0.124. The van der Waals surface area contributed by atoms with Gasteiger partial charge in [0.05, 0.1) is 17.2 Å². The van der Waals surface area contributed by atoms with E-state index >= 15 is 0 Å². The van der Waals surface area contributed by atoms with Crippen LogP contribution >= 0.6 is 0 Å². The summed E-state index contributed by atoms with van der Waals surface area (Å²) in [5, 5.41) is 23.7. The molecule has 8 nitrogen and oxygen atoms in total. The number of aromatic amines is 1. The van der Waals surface area contributed by atoms with E-state index in [1.807, 2.05) is 30.7 Å². The predicted molar refractivity (Wildman–Crippen MR) is 120 cm³/mol. The summed E-state index contributed by atoms with van der Waals surface area (Å²) >= 11 is 0. The van der Waals surface area contributed by atoms with E-state index < -0.39 is 0 Å². The highest BCUT2D eigenvalue weighted by atomic mass is 16.3. The molecule has 0 saturated carbocycles. The van der Waals surface area contributed by atoms with Gasteiger partial charge in [-0.2, -0.15) is 0 Å². The summed E-state index contributed by atoms with van der Waals surface area (Å²) in [5.41, 5.74) is 3.32. The molecule has 1 aliphatic rings. The summed E-state index contributed by atoms with van der Waals surface area (Å²) in [5.74, 6) is 0.664. The van der Waals surface area contributed by atoms with Crippen molar-refractivity contribution in [2.24, 2.45) is 0 Å². The number of benzene rings is 1. The number of aliphatic hydroxyl groups is 1. The monoisotopic (exact) mass is 424 g/mol. The second-order valence-corrected chi connectivity index (χ2v) is 9.31. The van der Waals surface area contributed by atoms with Crippen LogP contribution in [0.2, 0.25) is 0 Å². The van der Waals surface area contributed by atoms with Gasteiger partial charge in [-0.25, -0.2) is 4.68 Å². The topological polar surface area (TPSA) is 99.9 Å². The lowest BCUT2D eigenvalue weighted by Crippen LogP contribution is -2.43. The molecule has 0 radical (unpaired) electrons. The number of nitrogens with zero attached hydrogens (tertiary/aromatic N) is 5. The summed E-state index contributed by atoms with van der Waals surface area (Å²) < 4.78 is 1.85. The Balaban J connectivity index is 1.91. The lowest BCUT2D eigenvalue weighted by Gasteiger charge is -2.36. The first-order valence-electron chi connectivity index (χ1n) is 11.1. The number of aryl methyl sites for hydroxylation is 2. The lowest BCUT2D eigenvalue weighted by atomic mass is 9.96. The van der Waals surface area contributed by atoms with E-state index in [2.05, 4.69) is 52.2 Å². The molecule has 4 rings (SSSR count). The summed E-state index contributed by atoms with van der Waals surface area (Å²) in [6, 6.07) is 5.72. The normalized spacial score (nSPS) is 17.4. The number of aromatic nitrogens is 5. The number of pyridine rings is 1. The molecule has 0 spiro atoms. The van der Waals surface area contributed by atoms with Crippen LogP contribution in [0.25, 0.3) is 10.9 Å². The molecule has 3 heterocycles. The third-order valence-electron chi connectivity index (χ3n) is 6.92. The Morgan fingerprint density at radius 2 is 1.97 bits per heavy atom. The highest BCUT2D eigenvalue weighted by molar-refractivity contribution is 5.83. The van der Waals surface area contributed by atoms with Gasteiger partial charge in [-0.1, -0.05) is 19.1 Å². The Labute approximate surface area is 182 Å². The first kappa shape index (κ1) is 21.6.